The zero-order valence-electron chi connectivity index (χ0n) is 22.2. The molecule has 200 valence electrons. The highest BCUT2D eigenvalue weighted by Crippen LogP contribution is 2.27. The normalized spacial score (nSPS) is 20.9. The van der Waals surface area contributed by atoms with Crippen LogP contribution in [0.2, 0.25) is 0 Å². The van der Waals surface area contributed by atoms with Crippen molar-refractivity contribution < 1.29 is 24.2 Å². The highest BCUT2D eigenvalue weighted by molar-refractivity contribution is 6.01. The average molecular weight is 510 g/mol. The highest BCUT2D eigenvalue weighted by Gasteiger charge is 2.33. The third-order valence-electron chi connectivity index (χ3n) is 7.19. The van der Waals surface area contributed by atoms with E-state index in [1.807, 2.05) is 31.2 Å². The number of amides is 3. The first-order valence-corrected chi connectivity index (χ1v) is 13.1. The summed E-state index contributed by atoms with van der Waals surface area (Å²) in [6, 6.07) is 13.9. The number of aliphatic hydroxyl groups is 1. The molecule has 0 radical (unpaired) electrons. The second kappa shape index (κ2) is 12.0. The van der Waals surface area contributed by atoms with Crippen LogP contribution >= 0.6 is 0 Å². The van der Waals surface area contributed by atoms with Gasteiger partial charge in [0.05, 0.1) is 12.2 Å². The summed E-state index contributed by atoms with van der Waals surface area (Å²) in [4.78, 5) is 28.8. The van der Waals surface area contributed by atoms with Gasteiger partial charge in [0.2, 0.25) is 5.91 Å². The molecule has 2 saturated heterocycles. The van der Waals surface area contributed by atoms with Crippen LogP contribution < -0.4 is 9.47 Å². The molecule has 0 saturated carbocycles. The molecule has 2 aliphatic heterocycles. The topological polar surface area (TPSA) is 82.6 Å². The number of carbonyl (C=O) groups excluding carboxylic acids is 2. The fourth-order valence-corrected chi connectivity index (χ4v) is 4.96. The maximum Gasteiger partial charge on any atom is 0.326 e. The van der Waals surface area contributed by atoms with Crippen molar-refractivity contribution in [2.75, 3.05) is 46.4 Å². The summed E-state index contributed by atoms with van der Waals surface area (Å²) in [5.74, 6) is 1.46. The Morgan fingerprint density at radius 2 is 1.78 bits per heavy atom. The van der Waals surface area contributed by atoms with E-state index in [9.17, 15) is 14.7 Å². The standard InChI is InChI=1S/C29H39N3O5/c1-22-6-11-26(23(2)18-22)37-21-29(35)12-4-14-31(16-13-29)19-24-7-9-25(10-8-24)36-17-5-15-32-27(33)20-30(3)28(32)34/h6-11,18,35H,4-5,12-17,19-21H2,1-3H3/t29-/m0/s1. The Kier molecular flexibility index (Phi) is 8.71. The minimum atomic E-state index is -0.816. The molecule has 1 N–H and O–H groups in total. The number of aryl methyl sites for hydroxylation is 2. The molecule has 2 aromatic rings. The second-order valence-electron chi connectivity index (χ2n) is 10.4. The van der Waals surface area contributed by atoms with E-state index >= 15 is 0 Å². The van der Waals surface area contributed by atoms with Crippen molar-refractivity contribution in [3.8, 4) is 11.5 Å². The highest BCUT2D eigenvalue weighted by atomic mass is 16.5. The zero-order valence-corrected chi connectivity index (χ0v) is 22.2. The number of urea groups is 1. The number of carbonyl (C=O) groups is 2. The van der Waals surface area contributed by atoms with Gasteiger partial charge in [0.15, 0.2) is 0 Å². The van der Waals surface area contributed by atoms with Crippen LogP contribution in [0.4, 0.5) is 4.79 Å². The minimum Gasteiger partial charge on any atom is -0.494 e. The lowest BCUT2D eigenvalue weighted by atomic mass is 9.96. The van der Waals surface area contributed by atoms with Gasteiger partial charge in [-0.3, -0.25) is 14.6 Å². The van der Waals surface area contributed by atoms with E-state index < -0.39 is 5.60 Å². The molecule has 0 bridgehead atoms. The molecule has 8 heteroatoms. The molecule has 4 rings (SSSR count). The van der Waals surface area contributed by atoms with Gasteiger partial charge in [-0.2, -0.15) is 0 Å². The summed E-state index contributed by atoms with van der Waals surface area (Å²) in [7, 11) is 1.63. The number of imide groups is 1. The van der Waals surface area contributed by atoms with Crippen LogP contribution in [0.3, 0.4) is 0 Å². The monoisotopic (exact) mass is 509 g/mol. The minimum absolute atomic E-state index is 0.151. The van der Waals surface area contributed by atoms with Crippen LogP contribution in [0.1, 0.15) is 42.4 Å². The molecule has 0 unspecified atom stereocenters. The fraction of sp³-hybridized carbons (Fsp3) is 0.517. The molecule has 2 fully saturated rings. The maximum absolute atomic E-state index is 11.9. The van der Waals surface area contributed by atoms with E-state index in [-0.39, 0.29) is 18.5 Å². The van der Waals surface area contributed by atoms with Crippen LogP contribution in [0.5, 0.6) is 11.5 Å². The van der Waals surface area contributed by atoms with Gasteiger partial charge < -0.3 is 19.5 Å². The summed E-state index contributed by atoms with van der Waals surface area (Å²) in [5, 5.41) is 11.2. The third-order valence-corrected chi connectivity index (χ3v) is 7.19. The molecule has 2 aliphatic rings. The number of hydrogen-bond acceptors (Lipinski definition) is 6. The van der Waals surface area contributed by atoms with Crippen LogP contribution in [-0.4, -0.2) is 83.8 Å². The molecule has 0 aromatic heterocycles. The Labute approximate surface area is 219 Å². The van der Waals surface area contributed by atoms with Crippen LogP contribution in [0.15, 0.2) is 42.5 Å². The number of ether oxygens (including phenoxy) is 2. The number of hydrogen-bond donors (Lipinski definition) is 1. The lowest BCUT2D eigenvalue weighted by molar-refractivity contribution is -0.125. The quantitative estimate of drug-likeness (QED) is 0.388. The predicted molar refractivity (Wildman–Crippen MR) is 142 cm³/mol. The first kappa shape index (κ1) is 26.9. The first-order chi connectivity index (χ1) is 17.7. The Balaban J connectivity index is 1.19. The van der Waals surface area contributed by atoms with Gasteiger partial charge in [0, 0.05) is 26.7 Å². The van der Waals surface area contributed by atoms with E-state index in [1.165, 1.54) is 20.9 Å². The van der Waals surface area contributed by atoms with Gasteiger partial charge in [0.25, 0.3) is 0 Å². The molecule has 3 amide bonds. The van der Waals surface area contributed by atoms with Crippen molar-refractivity contribution in [1.29, 1.82) is 0 Å². The summed E-state index contributed by atoms with van der Waals surface area (Å²) in [5.41, 5.74) is 2.68. The van der Waals surface area contributed by atoms with E-state index in [1.54, 1.807) is 7.05 Å². The molecule has 37 heavy (non-hydrogen) atoms. The average Bonchev–Trinajstić information content (AvgIpc) is 2.99. The first-order valence-electron chi connectivity index (χ1n) is 13.1. The van der Waals surface area contributed by atoms with Gasteiger partial charge in [-0.25, -0.2) is 4.79 Å². The van der Waals surface area contributed by atoms with Crippen LogP contribution in [0, 0.1) is 13.8 Å². The number of nitrogens with zero attached hydrogens (tertiary/aromatic N) is 3. The van der Waals surface area contributed by atoms with Crippen molar-refractivity contribution in [2.24, 2.45) is 0 Å². The number of rotatable bonds is 10. The molecule has 0 aliphatic carbocycles. The Bertz CT molecular complexity index is 1090. The van der Waals surface area contributed by atoms with E-state index in [2.05, 4.69) is 30.0 Å². The summed E-state index contributed by atoms with van der Waals surface area (Å²) < 4.78 is 11.8. The lowest BCUT2D eigenvalue weighted by Gasteiger charge is -2.27. The van der Waals surface area contributed by atoms with E-state index in [4.69, 9.17) is 9.47 Å². The zero-order chi connectivity index (χ0) is 26.4. The maximum atomic E-state index is 11.9. The van der Waals surface area contributed by atoms with Crippen LogP contribution in [0.25, 0.3) is 0 Å². The Morgan fingerprint density at radius 1 is 1.00 bits per heavy atom. The molecule has 0 spiro atoms. The van der Waals surface area contributed by atoms with E-state index in [0.717, 1.165) is 49.5 Å². The summed E-state index contributed by atoms with van der Waals surface area (Å²) in [6.45, 7) is 7.95. The molecule has 1 atom stereocenters. The van der Waals surface area contributed by atoms with Crippen LogP contribution in [-0.2, 0) is 11.3 Å². The van der Waals surface area contributed by atoms with Crippen molar-refractivity contribution in [2.45, 2.75) is 51.7 Å². The van der Waals surface area contributed by atoms with Gasteiger partial charge in [0.1, 0.15) is 24.7 Å². The van der Waals surface area contributed by atoms with Gasteiger partial charge in [-0.1, -0.05) is 29.8 Å². The molecular weight excluding hydrogens is 470 g/mol. The molecular formula is C29H39N3O5. The predicted octanol–water partition coefficient (Wildman–Crippen LogP) is 3.76. The Morgan fingerprint density at radius 3 is 2.49 bits per heavy atom. The van der Waals surface area contributed by atoms with Gasteiger partial charge >= 0.3 is 6.03 Å². The second-order valence-corrected chi connectivity index (χ2v) is 10.4. The molecule has 2 aromatic carbocycles. The number of likely N-dealkylation sites (tertiary alicyclic amines) is 1. The van der Waals surface area contributed by atoms with Crippen molar-refractivity contribution in [3.63, 3.8) is 0 Å². The van der Waals surface area contributed by atoms with Gasteiger partial charge in [-0.15, -0.1) is 0 Å². The Hall–Kier alpha value is -3.10. The SMILES string of the molecule is Cc1ccc(OC[C@]2(O)CCCN(Cc3ccc(OCCCN4C(=O)CN(C)C4=O)cc3)CC2)c(C)c1. The summed E-state index contributed by atoms with van der Waals surface area (Å²) >= 11 is 0. The molecule has 8 nitrogen and oxygen atoms in total. The third kappa shape index (κ3) is 7.23. The number of likely N-dealkylation sites (N-methyl/N-ethyl adjacent to an activating group) is 1. The smallest absolute Gasteiger partial charge is 0.326 e. The van der Waals surface area contributed by atoms with Crippen molar-refractivity contribution >= 4 is 11.9 Å². The van der Waals surface area contributed by atoms with Crippen molar-refractivity contribution in [3.05, 3.63) is 59.2 Å². The largest absolute Gasteiger partial charge is 0.494 e. The molecule has 2 heterocycles. The number of benzene rings is 2. The van der Waals surface area contributed by atoms with E-state index in [0.29, 0.717) is 32.6 Å². The lowest BCUT2D eigenvalue weighted by Crippen LogP contribution is -2.37. The fourth-order valence-electron chi connectivity index (χ4n) is 4.96. The van der Waals surface area contributed by atoms with Crippen molar-refractivity contribution in [1.82, 2.24) is 14.7 Å². The summed E-state index contributed by atoms with van der Waals surface area (Å²) in [6.07, 6.45) is 2.92. The van der Waals surface area contributed by atoms with Gasteiger partial charge in [-0.05, 0) is 75.4 Å².